The molecule has 0 fully saturated rings. The zero-order valence-corrected chi connectivity index (χ0v) is 12.5. The standard InChI is InChI=1S/C16H14ClN3O/c1-11-8-9-14(21-2)13(10-11)20-15(18-19-16(20)17)12-6-4-3-5-7-12/h3-10H,1-2H3. The first-order valence-corrected chi connectivity index (χ1v) is 6.90. The third-order valence-corrected chi connectivity index (χ3v) is 3.48. The van der Waals surface area contributed by atoms with Crippen LogP contribution in [0.15, 0.2) is 48.5 Å². The number of hydrogen-bond acceptors (Lipinski definition) is 3. The Hall–Kier alpha value is -2.33. The first-order valence-electron chi connectivity index (χ1n) is 6.52. The van der Waals surface area contributed by atoms with Gasteiger partial charge in [-0.2, -0.15) is 0 Å². The van der Waals surface area contributed by atoms with Gasteiger partial charge in [0.1, 0.15) is 5.75 Å². The summed E-state index contributed by atoms with van der Waals surface area (Å²) in [6, 6.07) is 15.7. The van der Waals surface area contributed by atoms with Crippen LogP contribution in [0, 0.1) is 6.92 Å². The van der Waals surface area contributed by atoms with Crippen molar-refractivity contribution in [2.24, 2.45) is 0 Å². The third kappa shape index (κ3) is 2.50. The molecule has 0 radical (unpaired) electrons. The summed E-state index contributed by atoms with van der Waals surface area (Å²) in [5.74, 6) is 1.41. The Morgan fingerprint density at radius 3 is 2.52 bits per heavy atom. The smallest absolute Gasteiger partial charge is 0.230 e. The summed E-state index contributed by atoms with van der Waals surface area (Å²) in [4.78, 5) is 0. The molecule has 0 bridgehead atoms. The summed E-state index contributed by atoms with van der Waals surface area (Å²) in [7, 11) is 1.63. The number of methoxy groups -OCH3 is 1. The molecule has 21 heavy (non-hydrogen) atoms. The average Bonchev–Trinajstić information content (AvgIpc) is 2.89. The monoisotopic (exact) mass is 299 g/mol. The van der Waals surface area contributed by atoms with Crippen LogP contribution >= 0.6 is 11.6 Å². The van der Waals surface area contributed by atoms with Crippen LogP contribution in [0.4, 0.5) is 0 Å². The molecular formula is C16H14ClN3O. The van der Waals surface area contributed by atoms with Gasteiger partial charge in [0.2, 0.25) is 5.28 Å². The van der Waals surface area contributed by atoms with Crippen LogP contribution in [-0.4, -0.2) is 21.9 Å². The van der Waals surface area contributed by atoms with E-state index in [-0.39, 0.29) is 0 Å². The third-order valence-electron chi connectivity index (χ3n) is 3.23. The summed E-state index contributed by atoms with van der Waals surface area (Å²) in [5, 5.41) is 8.49. The maximum atomic E-state index is 6.24. The maximum absolute atomic E-state index is 6.24. The minimum atomic E-state index is 0.303. The van der Waals surface area contributed by atoms with Crippen molar-refractivity contribution in [3.63, 3.8) is 0 Å². The van der Waals surface area contributed by atoms with Crippen molar-refractivity contribution >= 4 is 11.6 Å². The summed E-state index contributed by atoms with van der Waals surface area (Å²) >= 11 is 6.24. The van der Waals surface area contributed by atoms with Crippen LogP contribution in [0.2, 0.25) is 5.28 Å². The highest BCUT2D eigenvalue weighted by Crippen LogP contribution is 2.31. The van der Waals surface area contributed by atoms with E-state index in [4.69, 9.17) is 16.3 Å². The summed E-state index contributed by atoms with van der Waals surface area (Å²) in [6.07, 6.45) is 0. The molecule has 0 unspecified atom stereocenters. The second-order valence-electron chi connectivity index (χ2n) is 4.67. The van der Waals surface area contributed by atoms with Gasteiger partial charge >= 0.3 is 0 Å². The Morgan fingerprint density at radius 2 is 1.81 bits per heavy atom. The lowest BCUT2D eigenvalue weighted by Crippen LogP contribution is -2.01. The number of benzene rings is 2. The molecular weight excluding hydrogens is 286 g/mol. The van der Waals surface area contributed by atoms with E-state index in [1.165, 1.54) is 0 Å². The van der Waals surface area contributed by atoms with Crippen LogP contribution in [-0.2, 0) is 0 Å². The second-order valence-corrected chi connectivity index (χ2v) is 5.01. The molecule has 0 aliphatic heterocycles. The number of nitrogens with zero attached hydrogens (tertiary/aromatic N) is 3. The van der Waals surface area contributed by atoms with E-state index in [2.05, 4.69) is 10.2 Å². The normalized spacial score (nSPS) is 10.6. The number of aryl methyl sites for hydroxylation is 1. The van der Waals surface area contributed by atoms with Gasteiger partial charge in [0.25, 0.3) is 0 Å². The number of halogens is 1. The van der Waals surface area contributed by atoms with Gasteiger partial charge in [-0.3, -0.25) is 4.57 Å². The molecule has 3 rings (SSSR count). The number of aromatic nitrogens is 3. The molecule has 0 spiro atoms. The van der Waals surface area contributed by atoms with Gasteiger partial charge in [0.05, 0.1) is 12.8 Å². The highest BCUT2D eigenvalue weighted by atomic mass is 35.5. The van der Waals surface area contributed by atoms with Crippen LogP contribution in [0.3, 0.4) is 0 Å². The molecule has 0 atom stereocenters. The fourth-order valence-corrected chi connectivity index (χ4v) is 2.44. The van der Waals surface area contributed by atoms with E-state index in [9.17, 15) is 0 Å². The molecule has 1 heterocycles. The Morgan fingerprint density at radius 1 is 1.05 bits per heavy atom. The Kier molecular flexibility index (Phi) is 3.62. The van der Waals surface area contributed by atoms with Crippen molar-refractivity contribution in [1.82, 2.24) is 14.8 Å². The van der Waals surface area contributed by atoms with Gasteiger partial charge in [-0.25, -0.2) is 0 Å². The molecule has 4 nitrogen and oxygen atoms in total. The summed E-state index contributed by atoms with van der Waals surface area (Å²) in [5.41, 5.74) is 2.88. The second kappa shape index (κ2) is 5.58. The minimum absolute atomic E-state index is 0.303. The van der Waals surface area contributed by atoms with Crippen molar-refractivity contribution < 1.29 is 4.74 Å². The molecule has 0 N–H and O–H groups in total. The van der Waals surface area contributed by atoms with Crippen molar-refractivity contribution in [1.29, 1.82) is 0 Å². The highest BCUT2D eigenvalue weighted by molar-refractivity contribution is 6.28. The summed E-state index contributed by atoms with van der Waals surface area (Å²) < 4.78 is 7.23. The number of ether oxygens (including phenoxy) is 1. The molecule has 5 heteroatoms. The van der Waals surface area contributed by atoms with Gasteiger partial charge in [-0.15, -0.1) is 10.2 Å². The maximum Gasteiger partial charge on any atom is 0.230 e. The van der Waals surface area contributed by atoms with Crippen molar-refractivity contribution in [2.75, 3.05) is 7.11 Å². The molecule has 2 aromatic carbocycles. The predicted octanol–water partition coefficient (Wildman–Crippen LogP) is 3.90. The Bertz CT molecular complexity index is 768. The van der Waals surface area contributed by atoms with Crippen molar-refractivity contribution in [3.8, 4) is 22.8 Å². The van der Waals surface area contributed by atoms with Crippen LogP contribution in [0.5, 0.6) is 5.75 Å². The van der Waals surface area contributed by atoms with Gasteiger partial charge in [0.15, 0.2) is 5.82 Å². The molecule has 0 amide bonds. The summed E-state index contributed by atoms with van der Waals surface area (Å²) in [6.45, 7) is 2.02. The number of hydrogen-bond donors (Lipinski definition) is 0. The highest BCUT2D eigenvalue weighted by Gasteiger charge is 2.17. The van der Waals surface area contributed by atoms with E-state index in [0.717, 1.165) is 22.6 Å². The largest absolute Gasteiger partial charge is 0.495 e. The molecule has 3 aromatic rings. The first-order chi connectivity index (χ1) is 10.2. The lowest BCUT2D eigenvalue weighted by Gasteiger charge is -2.13. The zero-order chi connectivity index (χ0) is 14.8. The fourth-order valence-electron chi connectivity index (χ4n) is 2.23. The molecule has 106 valence electrons. The molecule has 0 saturated carbocycles. The Labute approximate surface area is 128 Å². The lowest BCUT2D eigenvalue weighted by molar-refractivity contribution is 0.413. The minimum Gasteiger partial charge on any atom is -0.495 e. The van der Waals surface area contributed by atoms with E-state index in [0.29, 0.717) is 11.1 Å². The van der Waals surface area contributed by atoms with Gasteiger partial charge in [-0.1, -0.05) is 36.4 Å². The van der Waals surface area contributed by atoms with Gasteiger partial charge in [-0.05, 0) is 36.2 Å². The molecule has 0 saturated heterocycles. The molecule has 1 aromatic heterocycles. The SMILES string of the molecule is COc1ccc(C)cc1-n1c(Cl)nnc1-c1ccccc1. The fraction of sp³-hybridized carbons (Fsp3) is 0.125. The van der Waals surface area contributed by atoms with Gasteiger partial charge in [0, 0.05) is 5.56 Å². The Balaban J connectivity index is 2.24. The van der Waals surface area contributed by atoms with Crippen molar-refractivity contribution in [2.45, 2.75) is 6.92 Å². The van der Waals surface area contributed by atoms with E-state index in [1.807, 2.05) is 55.5 Å². The molecule has 0 aliphatic rings. The lowest BCUT2D eigenvalue weighted by atomic mass is 10.2. The zero-order valence-electron chi connectivity index (χ0n) is 11.7. The predicted molar refractivity (Wildman–Crippen MR) is 83.1 cm³/mol. The van der Waals surface area contributed by atoms with Crippen molar-refractivity contribution in [3.05, 3.63) is 59.4 Å². The molecule has 0 aliphatic carbocycles. The van der Waals surface area contributed by atoms with Crippen LogP contribution in [0.1, 0.15) is 5.56 Å². The first kappa shape index (κ1) is 13.6. The van der Waals surface area contributed by atoms with Crippen LogP contribution in [0.25, 0.3) is 17.1 Å². The van der Waals surface area contributed by atoms with E-state index >= 15 is 0 Å². The average molecular weight is 300 g/mol. The number of rotatable bonds is 3. The quantitative estimate of drug-likeness (QED) is 0.736. The van der Waals surface area contributed by atoms with Crippen LogP contribution < -0.4 is 4.74 Å². The van der Waals surface area contributed by atoms with E-state index < -0.39 is 0 Å². The topological polar surface area (TPSA) is 39.9 Å². The van der Waals surface area contributed by atoms with E-state index in [1.54, 1.807) is 11.7 Å². The van der Waals surface area contributed by atoms with Gasteiger partial charge < -0.3 is 4.74 Å².